The lowest BCUT2D eigenvalue weighted by Crippen LogP contribution is -2.28. The third-order valence-corrected chi connectivity index (χ3v) is 2.88. The van der Waals surface area contributed by atoms with Gasteiger partial charge in [0.1, 0.15) is 5.75 Å². The standard InChI is InChI=1S/C13H20N2O2/c1-2-17-13-8-10(14)7-12(9-13)15(5-6-16)11-3-4-11/h7-9,11,16H,2-6,14H2,1H3. The van der Waals surface area contributed by atoms with Gasteiger partial charge in [-0.2, -0.15) is 0 Å². The highest BCUT2D eigenvalue weighted by Crippen LogP contribution is 2.34. The van der Waals surface area contributed by atoms with Crippen molar-refractivity contribution in [2.24, 2.45) is 0 Å². The Hall–Kier alpha value is -1.42. The molecule has 0 heterocycles. The minimum Gasteiger partial charge on any atom is -0.494 e. The van der Waals surface area contributed by atoms with E-state index in [2.05, 4.69) is 4.90 Å². The molecule has 0 radical (unpaired) electrons. The summed E-state index contributed by atoms with van der Waals surface area (Å²) in [6.07, 6.45) is 2.39. The average molecular weight is 236 g/mol. The molecule has 1 saturated carbocycles. The van der Waals surface area contributed by atoms with E-state index < -0.39 is 0 Å². The van der Waals surface area contributed by atoms with Crippen molar-refractivity contribution in [2.75, 3.05) is 30.4 Å². The summed E-state index contributed by atoms with van der Waals surface area (Å²) >= 11 is 0. The first-order valence-electron chi connectivity index (χ1n) is 6.15. The highest BCUT2D eigenvalue weighted by Gasteiger charge is 2.29. The molecule has 1 fully saturated rings. The molecule has 1 aliphatic carbocycles. The van der Waals surface area contributed by atoms with Crippen LogP contribution >= 0.6 is 0 Å². The van der Waals surface area contributed by atoms with E-state index in [-0.39, 0.29) is 6.61 Å². The summed E-state index contributed by atoms with van der Waals surface area (Å²) in [4.78, 5) is 2.21. The van der Waals surface area contributed by atoms with Crippen LogP contribution in [0.15, 0.2) is 18.2 Å². The first-order chi connectivity index (χ1) is 8.24. The third kappa shape index (κ3) is 3.03. The zero-order valence-corrected chi connectivity index (χ0v) is 10.2. The molecule has 4 heteroatoms. The van der Waals surface area contributed by atoms with Gasteiger partial charge in [-0.25, -0.2) is 0 Å². The van der Waals surface area contributed by atoms with Gasteiger partial charge in [0.2, 0.25) is 0 Å². The van der Waals surface area contributed by atoms with Gasteiger partial charge in [0.15, 0.2) is 0 Å². The molecule has 0 bridgehead atoms. The van der Waals surface area contributed by atoms with Crippen molar-refractivity contribution in [2.45, 2.75) is 25.8 Å². The van der Waals surface area contributed by atoms with E-state index in [1.165, 1.54) is 12.8 Å². The molecule has 0 spiro atoms. The summed E-state index contributed by atoms with van der Waals surface area (Å²) in [5.41, 5.74) is 7.62. The normalized spacial score (nSPS) is 14.7. The smallest absolute Gasteiger partial charge is 0.123 e. The maximum Gasteiger partial charge on any atom is 0.123 e. The molecule has 0 unspecified atom stereocenters. The fraction of sp³-hybridized carbons (Fsp3) is 0.538. The van der Waals surface area contributed by atoms with Crippen LogP contribution in [0.1, 0.15) is 19.8 Å². The molecule has 2 rings (SSSR count). The first-order valence-corrected chi connectivity index (χ1v) is 6.15. The summed E-state index contributed by atoms with van der Waals surface area (Å²) in [6, 6.07) is 6.32. The van der Waals surface area contributed by atoms with Gasteiger partial charge in [-0.05, 0) is 25.8 Å². The van der Waals surface area contributed by atoms with Crippen LogP contribution in [0.2, 0.25) is 0 Å². The monoisotopic (exact) mass is 236 g/mol. The number of benzene rings is 1. The average Bonchev–Trinajstić information content (AvgIpc) is 3.09. The Balaban J connectivity index is 2.22. The molecule has 0 saturated heterocycles. The lowest BCUT2D eigenvalue weighted by molar-refractivity contribution is 0.301. The summed E-state index contributed by atoms with van der Waals surface area (Å²) in [5.74, 6) is 0.797. The van der Waals surface area contributed by atoms with Crippen LogP contribution in [0.5, 0.6) is 5.75 Å². The summed E-state index contributed by atoms with van der Waals surface area (Å²) < 4.78 is 5.49. The van der Waals surface area contributed by atoms with Crippen molar-refractivity contribution in [3.8, 4) is 5.75 Å². The number of aliphatic hydroxyl groups excluding tert-OH is 1. The topological polar surface area (TPSA) is 58.7 Å². The third-order valence-electron chi connectivity index (χ3n) is 2.88. The molecule has 0 atom stereocenters. The fourth-order valence-electron chi connectivity index (χ4n) is 2.04. The van der Waals surface area contributed by atoms with E-state index in [1.807, 2.05) is 25.1 Å². The van der Waals surface area contributed by atoms with E-state index >= 15 is 0 Å². The van der Waals surface area contributed by atoms with Gasteiger partial charge in [-0.3, -0.25) is 0 Å². The molecular formula is C13H20N2O2. The number of anilines is 2. The molecule has 0 aromatic heterocycles. The maximum absolute atomic E-state index is 9.11. The second kappa shape index (κ2) is 5.27. The largest absolute Gasteiger partial charge is 0.494 e. The number of nitrogens with two attached hydrogens (primary N) is 1. The highest BCUT2D eigenvalue weighted by molar-refractivity contribution is 5.61. The molecule has 3 N–H and O–H groups in total. The number of hydrogen-bond donors (Lipinski definition) is 2. The Morgan fingerprint density at radius 2 is 2.18 bits per heavy atom. The van der Waals surface area contributed by atoms with E-state index in [1.54, 1.807) is 0 Å². The van der Waals surface area contributed by atoms with E-state index in [9.17, 15) is 0 Å². The first kappa shape index (κ1) is 12.0. The number of nitrogen functional groups attached to an aromatic ring is 1. The van der Waals surface area contributed by atoms with Gasteiger partial charge in [0.05, 0.1) is 13.2 Å². The number of nitrogens with zero attached hydrogens (tertiary/aromatic N) is 1. The van der Waals surface area contributed by atoms with Gasteiger partial charge in [0, 0.05) is 36.1 Å². The van der Waals surface area contributed by atoms with Crippen LogP contribution in [0.25, 0.3) is 0 Å². The Morgan fingerprint density at radius 3 is 2.76 bits per heavy atom. The molecule has 1 aromatic rings. The van der Waals surface area contributed by atoms with Gasteiger partial charge >= 0.3 is 0 Å². The molecule has 1 aromatic carbocycles. The van der Waals surface area contributed by atoms with Gasteiger partial charge in [-0.15, -0.1) is 0 Å². The molecular weight excluding hydrogens is 216 g/mol. The van der Waals surface area contributed by atoms with Crippen LogP contribution in [-0.2, 0) is 0 Å². The van der Waals surface area contributed by atoms with E-state index in [0.29, 0.717) is 24.9 Å². The van der Waals surface area contributed by atoms with Gasteiger partial charge < -0.3 is 20.5 Å². The fourth-order valence-corrected chi connectivity index (χ4v) is 2.04. The van der Waals surface area contributed by atoms with Crippen molar-refractivity contribution in [1.29, 1.82) is 0 Å². The summed E-state index contributed by atoms with van der Waals surface area (Å²) in [7, 11) is 0. The minimum absolute atomic E-state index is 0.162. The van der Waals surface area contributed by atoms with Crippen molar-refractivity contribution in [3.63, 3.8) is 0 Å². The van der Waals surface area contributed by atoms with Crippen molar-refractivity contribution >= 4 is 11.4 Å². The van der Waals surface area contributed by atoms with Crippen LogP contribution < -0.4 is 15.4 Å². The van der Waals surface area contributed by atoms with Crippen LogP contribution in [-0.4, -0.2) is 30.9 Å². The van der Waals surface area contributed by atoms with Crippen LogP contribution in [0.3, 0.4) is 0 Å². The van der Waals surface area contributed by atoms with Gasteiger partial charge in [0.25, 0.3) is 0 Å². The zero-order valence-electron chi connectivity index (χ0n) is 10.2. The Labute approximate surface area is 102 Å². The Kier molecular flexibility index (Phi) is 3.74. The van der Waals surface area contributed by atoms with Crippen molar-refractivity contribution < 1.29 is 9.84 Å². The van der Waals surface area contributed by atoms with E-state index in [4.69, 9.17) is 15.6 Å². The number of rotatable bonds is 6. The number of aliphatic hydroxyl groups is 1. The lowest BCUT2D eigenvalue weighted by Gasteiger charge is -2.24. The maximum atomic E-state index is 9.11. The second-order valence-corrected chi connectivity index (χ2v) is 4.34. The van der Waals surface area contributed by atoms with Crippen LogP contribution in [0.4, 0.5) is 11.4 Å². The summed E-state index contributed by atoms with van der Waals surface area (Å²) in [5, 5.41) is 9.11. The van der Waals surface area contributed by atoms with Crippen LogP contribution in [0, 0.1) is 0 Å². The number of hydrogen-bond acceptors (Lipinski definition) is 4. The molecule has 1 aliphatic rings. The van der Waals surface area contributed by atoms with E-state index in [0.717, 1.165) is 11.4 Å². The lowest BCUT2D eigenvalue weighted by atomic mass is 10.2. The SMILES string of the molecule is CCOc1cc(N)cc(N(CCO)C2CC2)c1. The quantitative estimate of drug-likeness (QED) is 0.737. The number of ether oxygens (including phenoxy) is 1. The molecule has 94 valence electrons. The predicted molar refractivity (Wildman–Crippen MR) is 69.5 cm³/mol. The van der Waals surface area contributed by atoms with Crippen molar-refractivity contribution in [3.05, 3.63) is 18.2 Å². The van der Waals surface area contributed by atoms with Crippen molar-refractivity contribution in [1.82, 2.24) is 0 Å². The Morgan fingerprint density at radius 1 is 1.41 bits per heavy atom. The van der Waals surface area contributed by atoms with Gasteiger partial charge in [-0.1, -0.05) is 0 Å². The summed E-state index contributed by atoms with van der Waals surface area (Å²) in [6.45, 7) is 3.40. The zero-order chi connectivity index (χ0) is 12.3. The minimum atomic E-state index is 0.162. The molecule has 0 amide bonds. The molecule has 0 aliphatic heterocycles. The second-order valence-electron chi connectivity index (χ2n) is 4.34. The molecule has 17 heavy (non-hydrogen) atoms. The highest BCUT2D eigenvalue weighted by atomic mass is 16.5. The predicted octanol–water partition coefficient (Wildman–Crippen LogP) is 1.63. The Bertz CT molecular complexity index is 378. The molecule has 4 nitrogen and oxygen atoms in total.